The first kappa shape index (κ1) is 29.1. The quantitative estimate of drug-likeness (QED) is 0.366. The fraction of sp³-hybridized carbons (Fsp3) is 0.333. The molecule has 3 amide bonds. The molecule has 42 heavy (non-hydrogen) atoms. The number of fused-ring (bicyclic) bond motifs is 4. The van der Waals surface area contributed by atoms with Gasteiger partial charge in [0, 0.05) is 48.5 Å². The van der Waals surface area contributed by atoms with Crippen LogP contribution >= 0.6 is 0 Å². The zero-order valence-corrected chi connectivity index (χ0v) is 24.0. The van der Waals surface area contributed by atoms with E-state index < -0.39 is 11.6 Å². The summed E-state index contributed by atoms with van der Waals surface area (Å²) in [6, 6.07) is 11.4. The second-order valence-corrected chi connectivity index (χ2v) is 10.9. The maximum absolute atomic E-state index is 15.1. The lowest BCUT2D eigenvalue weighted by Crippen LogP contribution is -2.38. The van der Waals surface area contributed by atoms with Crippen molar-refractivity contribution in [3.63, 3.8) is 0 Å². The Kier molecular flexibility index (Phi) is 8.47. The molecule has 0 saturated carbocycles. The van der Waals surface area contributed by atoms with Crippen molar-refractivity contribution in [3.05, 3.63) is 83.2 Å². The molecule has 3 aromatic rings. The zero-order valence-electron chi connectivity index (χ0n) is 24.0. The number of nitrogens with one attached hydrogen (secondary N) is 2. The number of benzene rings is 2. The Hall–Kier alpha value is -4.40. The van der Waals surface area contributed by atoms with Gasteiger partial charge in [-0.2, -0.15) is 0 Å². The second kappa shape index (κ2) is 12.2. The molecule has 2 atom stereocenters. The van der Waals surface area contributed by atoms with Crippen molar-refractivity contribution in [2.75, 3.05) is 17.2 Å². The van der Waals surface area contributed by atoms with Gasteiger partial charge in [0.05, 0.1) is 17.4 Å². The Morgan fingerprint density at radius 1 is 1.12 bits per heavy atom. The Labute approximate surface area is 244 Å². The van der Waals surface area contributed by atoms with E-state index in [1.807, 2.05) is 25.1 Å². The van der Waals surface area contributed by atoms with Gasteiger partial charge in [-0.25, -0.2) is 8.78 Å². The molecule has 2 aliphatic heterocycles. The lowest BCUT2D eigenvalue weighted by atomic mass is 9.92. The Morgan fingerprint density at radius 2 is 1.93 bits per heavy atom. The molecule has 0 saturated heterocycles. The number of hydrogen-bond acceptors (Lipinski definition) is 4. The van der Waals surface area contributed by atoms with Crippen LogP contribution in [0.5, 0.6) is 0 Å². The highest BCUT2D eigenvalue weighted by Gasteiger charge is 2.31. The predicted octanol–water partition coefficient (Wildman–Crippen LogP) is 6.66. The van der Waals surface area contributed by atoms with Crippen molar-refractivity contribution in [2.24, 2.45) is 5.92 Å². The fourth-order valence-electron chi connectivity index (χ4n) is 5.77. The molecule has 0 aliphatic carbocycles. The summed E-state index contributed by atoms with van der Waals surface area (Å²) in [6.07, 6.45) is 5.57. The first-order chi connectivity index (χ1) is 20.2. The molecule has 2 aliphatic rings. The number of pyridine rings is 1. The molecule has 9 heteroatoms. The third-order valence-corrected chi connectivity index (χ3v) is 8.05. The lowest BCUT2D eigenvalue weighted by molar-refractivity contribution is -0.129. The third kappa shape index (κ3) is 5.95. The molecule has 0 radical (unpaired) electrons. The van der Waals surface area contributed by atoms with Crippen LogP contribution < -0.4 is 10.6 Å². The van der Waals surface area contributed by atoms with Gasteiger partial charge in [0.15, 0.2) is 0 Å². The summed E-state index contributed by atoms with van der Waals surface area (Å²) in [5.74, 6) is -2.27. The number of carbonyl (C=O) groups is 3. The van der Waals surface area contributed by atoms with Crippen LogP contribution in [0.3, 0.4) is 0 Å². The van der Waals surface area contributed by atoms with Crippen LogP contribution in [0.25, 0.3) is 16.7 Å². The predicted molar refractivity (Wildman–Crippen MR) is 158 cm³/mol. The van der Waals surface area contributed by atoms with E-state index in [4.69, 9.17) is 0 Å². The standard InChI is InChI=1S/C33H34F2N4O3/c1-4-21-8-11-26(34)31(32(21)35)23-13-15-39(30(41)17-23)29-7-5-6-19(2)33(42)38-27-18-24(37-20(3)40)9-10-25(27)22-12-14-36-28(29)16-22/h8-12,14,16-19,29H,4-7,13,15H2,1-3H3,(H,37,40)(H,38,42)/t19-,29+/m1/s1. The molecule has 218 valence electrons. The summed E-state index contributed by atoms with van der Waals surface area (Å²) < 4.78 is 29.8. The first-order valence-corrected chi connectivity index (χ1v) is 14.3. The average molecular weight is 573 g/mol. The van der Waals surface area contributed by atoms with Gasteiger partial charge in [-0.05, 0) is 72.7 Å². The summed E-state index contributed by atoms with van der Waals surface area (Å²) in [6.45, 7) is 5.37. The van der Waals surface area contributed by atoms with Crippen LogP contribution in [0.1, 0.15) is 69.3 Å². The van der Waals surface area contributed by atoms with E-state index in [1.54, 1.807) is 30.2 Å². The van der Waals surface area contributed by atoms with E-state index >= 15 is 4.39 Å². The van der Waals surface area contributed by atoms with Gasteiger partial charge < -0.3 is 15.5 Å². The number of halogens is 2. The summed E-state index contributed by atoms with van der Waals surface area (Å²) in [7, 11) is 0. The Balaban J connectivity index is 1.53. The van der Waals surface area contributed by atoms with Crippen LogP contribution in [0.2, 0.25) is 0 Å². The van der Waals surface area contributed by atoms with E-state index in [1.165, 1.54) is 25.1 Å². The molecular weight excluding hydrogens is 538 g/mol. The highest BCUT2D eigenvalue weighted by Crippen LogP contribution is 2.37. The maximum atomic E-state index is 15.1. The van der Waals surface area contributed by atoms with Crippen molar-refractivity contribution >= 4 is 34.7 Å². The number of hydrogen-bond donors (Lipinski definition) is 2. The highest BCUT2D eigenvalue weighted by molar-refractivity contribution is 5.99. The number of nitrogens with zero attached hydrogens (tertiary/aromatic N) is 2. The minimum atomic E-state index is -0.676. The van der Waals surface area contributed by atoms with Gasteiger partial charge in [-0.1, -0.05) is 32.4 Å². The zero-order chi connectivity index (χ0) is 30.0. The lowest BCUT2D eigenvalue weighted by Gasteiger charge is -2.34. The molecule has 1 aromatic heterocycles. The summed E-state index contributed by atoms with van der Waals surface area (Å²) in [4.78, 5) is 44.7. The summed E-state index contributed by atoms with van der Waals surface area (Å²) >= 11 is 0. The average Bonchev–Trinajstić information content (AvgIpc) is 2.95. The molecule has 0 spiro atoms. The van der Waals surface area contributed by atoms with Crippen molar-refractivity contribution < 1.29 is 23.2 Å². The molecule has 0 unspecified atom stereocenters. The molecule has 5 rings (SSSR count). The van der Waals surface area contributed by atoms with Crippen LogP contribution in [0.15, 0.2) is 54.7 Å². The fourth-order valence-corrected chi connectivity index (χ4v) is 5.77. The number of carbonyl (C=O) groups excluding carboxylic acids is 3. The van der Waals surface area contributed by atoms with E-state index in [-0.39, 0.29) is 41.8 Å². The van der Waals surface area contributed by atoms with Gasteiger partial charge in [0.2, 0.25) is 17.7 Å². The molecule has 2 N–H and O–H groups in total. The third-order valence-electron chi connectivity index (χ3n) is 8.05. The van der Waals surface area contributed by atoms with Crippen molar-refractivity contribution in [3.8, 4) is 11.1 Å². The molecule has 0 fully saturated rings. The maximum Gasteiger partial charge on any atom is 0.247 e. The summed E-state index contributed by atoms with van der Waals surface area (Å²) in [5, 5.41) is 5.78. The Bertz CT molecular complexity index is 1590. The second-order valence-electron chi connectivity index (χ2n) is 10.9. The minimum Gasteiger partial charge on any atom is -0.330 e. The number of aryl methyl sites for hydroxylation is 1. The number of amides is 3. The number of rotatable bonds is 4. The van der Waals surface area contributed by atoms with Crippen LogP contribution in [0.4, 0.5) is 20.2 Å². The highest BCUT2D eigenvalue weighted by atomic mass is 19.1. The number of aromatic nitrogens is 1. The van der Waals surface area contributed by atoms with E-state index in [0.717, 1.165) is 11.1 Å². The first-order valence-electron chi connectivity index (χ1n) is 14.3. The van der Waals surface area contributed by atoms with Gasteiger partial charge in [0.25, 0.3) is 0 Å². The van der Waals surface area contributed by atoms with E-state index in [2.05, 4.69) is 15.6 Å². The largest absolute Gasteiger partial charge is 0.330 e. The van der Waals surface area contributed by atoms with Gasteiger partial charge in [-0.3, -0.25) is 19.4 Å². The van der Waals surface area contributed by atoms with Crippen molar-refractivity contribution in [1.82, 2.24) is 9.88 Å². The van der Waals surface area contributed by atoms with Crippen molar-refractivity contribution in [1.29, 1.82) is 0 Å². The molecule has 2 aromatic carbocycles. The van der Waals surface area contributed by atoms with Gasteiger partial charge >= 0.3 is 0 Å². The van der Waals surface area contributed by atoms with Crippen LogP contribution in [-0.4, -0.2) is 34.2 Å². The van der Waals surface area contributed by atoms with Crippen LogP contribution in [-0.2, 0) is 20.8 Å². The SMILES string of the molecule is CCc1ccc(F)c(C2=CC(=O)N([C@H]3CCC[C@@H](C)C(=O)Nc4cc(NC(C)=O)ccc4-c4ccnc3c4)CC2)c1F. The normalized spacial score (nSPS) is 19.2. The van der Waals surface area contributed by atoms with Gasteiger partial charge in [-0.15, -0.1) is 0 Å². The topological polar surface area (TPSA) is 91.4 Å². The summed E-state index contributed by atoms with van der Waals surface area (Å²) in [5.41, 5.74) is 4.00. The van der Waals surface area contributed by atoms with Crippen LogP contribution in [0, 0.1) is 17.6 Å². The molecule has 7 nitrogen and oxygen atoms in total. The van der Waals surface area contributed by atoms with E-state index in [0.29, 0.717) is 60.3 Å². The Morgan fingerprint density at radius 3 is 2.67 bits per heavy atom. The smallest absolute Gasteiger partial charge is 0.247 e. The number of anilines is 2. The monoisotopic (exact) mass is 572 g/mol. The molecule has 2 bridgehead atoms. The molecule has 3 heterocycles. The van der Waals surface area contributed by atoms with Gasteiger partial charge in [0.1, 0.15) is 11.6 Å². The molecular formula is C33H34F2N4O3. The van der Waals surface area contributed by atoms with E-state index in [9.17, 15) is 18.8 Å². The van der Waals surface area contributed by atoms with Crippen molar-refractivity contribution in [2.45, 2.75) is 58.9 Å². The minimum absolute atomic E-state index is 0.128.